The molecule has 558 valence electrons. The third-order valence-corrected chi connectivity index (χ3v) is 19.5. The van der Waals surface area contributed by atoms with E-state index in [0.717, 1.165) is 89.9 Å². The average Bonchev–Trinajstić information content (AvgIpc) is 3.03. The molecule has 2 unspecified atom stereocenters. The fourth-order valence-electron chi connectivity index (χ4n) is 11.6. The van der Waals surface area contributed by atoms with Crippen LogP contribution in [0.5, 0.6) is 0 Å². The quantitative estimate of drug-likeness (QED) is 0.0222. The van der Waals surface area contributed by atoms with E-state index < -0.39 is 97.5 Å². The maximum absolute atomic E-state index is 13.1. The second-order valence-electron chi connectivity index (χ2n) is 27.0. The first kappa shape index (κ1) is 92.1. The number of hydrogen-bond acceptors (Lipinski definition) is 15. The molecule has 0 spiro atoms. The second kappa shape index (κ2) is 69.5. The Hall–Kier alpha value is -1.94. The Morgan fingerprint density at radius 1 is 0.255 bits per heavy atom. The summed E-state index contributed by atoms with van der Waals surface area (Å²) < 4.78 is 68.4. The molecule has 3 N–H and O–H groups in total. The summed E-state index contributed by atoms with van der Waals surface area (Å²) in [5.41, 5.74) is 0. The van der Waals surface area contributed by atoms with Gasteiger partial charge in [0, 0.05) is 25.7 Å². The Balaban J connectivity index is 5.20. The minimum Gasteiger partial charge on any atom is -0.462 e. The molecule has 0 aromatic carbocycles. The minimum absolute atomic E-state index is 0.108. The van der Waals surface area contributed by atoms with Gasteiger partial charge in [-0.2, -0.15) is 0 Å². The first-order chi connectivity index (χ1) is 45.7. The molecule has 0 radical (unpaired) electrons. The third-order valence-electron chi connectivity index (χ3n) is 17.6. The van der Waals surface area contributed by atoms with E-state index in [-0.39, 0.29) is 25.7 Å². The molecular formula is C75H146O17P2. The van der Waals surface area contributed by atoms with E-state index in [9.17, 15) is 43.2 Å². The molecule has 17 nitrogen and oxygen atoms in total. The summed E-state index contributed by atoms with van der Waals surface area (Å²) in [6, 6.07) is 0. The van der Waals surface area contributed by atoms with Gasteiger partial charge in [-0.25, -0.2) is 9.13 Å². The van der Waals surface area contributed by atoms with Crippen LogP contribution in [0.2, 0.25) is 0 Å². The molecule has 0 aliphatic heterocycles. The van der Waals surface area contributed by atoms with E-state index in [0.29, 0.717) is 25.7 Å². The van der Waals surface area contributed by atoms with E-state index in [1.807, 2.05) is 0 Å². The number of ether oxygens (including phenoxy) is 4. The first-order valence-electron chi connectivity index (χ1n) is 39.3. The van der Waals surface area contributed by atoms with E-state index in [2.05, 4.69) is 27.7 Å². The number of aliphatic hydroxyl groups excluding tert-OH is 1. The smallest absolute Gasteiger partial charge is 0.462 e. The van der Waals surface area contributed by atoms with Gasteiger partial charge in [-0.1, -0.05) is 349 Å². The molecule has 0 heterocycles. The van der Waals surface area contributed by atoms with Crippen LogP contribution in [0.15, 0.2) is 0 Å². The SMILES string of the molecule is CCCCCCCCCCCCCCCCCCCCC(=O)O[C@H](COC(=O)CCCCCCCCCCCCCCCCCC)COP(=O)(O)OC[C@@H](O)COP(=O)(O)OC[C@@H](COC(=O)CCCCCCCCCC)OC(=O)CCCCCCCCCCCCCC. The monoisotopic (exact) mass is 1380 g/mol. The molecule has 0 aromatic heterocycles. The summed E-state index contributed by atoms with van der Waals surface area (Å²) in [5.74, 6) is -2.11. The lowest BCUT2D eigenvalue weighted by atomic mass is 10.0. The molecule has 0 fully saturated rings. The molecule has 0 bridgehead atoms. The number of unbranched alkanes of at least 4 members (excludes halogenated alkanes) is 50. The Kier molecular flexibility index (Phi) is 68.1. The summed E-state index contributed by atoms with van der Waals surface area (Å²) in [6.07, 6.45) is 59.6. The van der Waals surface area contributed by atoms with Crippen LogP contribution in [0.1, 0.15) is 400 Å². The van der Waals surface area contributed by atoms with Crippen molar-refractivity contribution < 1.29 is 80.2 Å². The molecule has 0 rings (SSSR count). The van der Waals surface area contributed by atoms with Gasteiger partial charge in [-0.05, 0) is 25.7 Å². The van der Waals surface area contributed by atoms with Gasteiger partial charge >= 0.3 is 39.5 Å². The van der Waals surface area contributed by atoms with Crippen molar-refractivity contribution in [2.45, 2.75) is 418 Å². The van der Waals surface area contributed by atoms with Crippen LogP contribution in [0, 0.1) is 0 Å². The van der Waals surface area contributed by atoms with Gasteiger partial charge in [0.25, 0.3) is 0 Å². The summed E-state index contributed by atoms with van der Waals surface area (Å²) in [7, 11) is -9.90. The largest absolute Gasteiger partial charge is 0.472 e. The lowest BCUT2D eigenvalue weighted by Gasteiger charge is -2.21. The summed E-state index contributed by atoms with van der Waals surface area (Å²) in [4.78, 5) is 72.7. The zero-order valence-electron chi connectivity index (χ0n) is 60.9. The molecule has 0 saturated carbocycles. The molecule has 0 aromatic rings. The standard InChI is InChI=1S/C75H146O17P2/c1-5-9-13-17-21-25-28-31-33-35-36-38-40-43-46-50-54-58-62-75(80)92-71(66-86-73(78)60-56-52-48-44-42-39-37-34-32-29-26-22-18-14-10-6-2)68-90-94(83,84)88-64-69(76)63-87-93(81,82)89-67-70(65-85-72(77)59-55-51-47-24-20-16-12-8-4)91-74(79)61-57-53-49-45-41-30-27-23-19-15-11-7-3/h69-71,76H,5-68H2,1-4H3,(H,81,82)(H,83,84)/t69-,70+,71+/m0/s1. The first-order valence-corrected chi connectivity index (χ1v) is 42.3. The van der Waals surface area contributed by atoms with Crippen molar-refractivity contribution in [2.75, 3.05) is 39.6 Å². The average molecular weight is 1380 g/mol. The van der Waals surface area contributed by atoms with Gasteiger partial charge < -0.3 is 33.8 Å². The van der Waals surface area contributed by atoms with Crippen LogP contribution in [0.4, 0.5) is 0 Å². The van der Waals surface area contributed by atoms with Gasteiger partial charge in [-0.3, -0.25) is 37.3 Å². The topological polar surface area (TPSA) is 237 Å². The highest BCUT2D eigenvalue weighted by atomic mass is 31.2. The predicted octanol–water partition coefficient (Wildman–Crippen LogP) is 22.2. The number of carbonyl (C=O) groups excluding carboxylic acids is 4. The fraction of sp³-hybridized carbons (Fsp3) is 0.947. The normalized spacial score (nSPS) is 13.9. The Morgan fingerprint density at radius 2 is 0.426 bits per heavy atom. The van der Waals surface area contributed by atoms with Crippen molar-refractivity contribution in [3.63, 3.8) is 0 Å². The number of carbonyl (C=O) groups is 4. The van der Waals surface area contributed by atoms with Crippen molar-refractivity contribution in [3.8, 4) is 0 Å². The number of hydrogen-bond donors (Lipinski definition) is 3. The molecule has 19 heteroatoms. The highest BCUT2D eigenvalue weighted by Gasteiger charge is 2.30. The fourth-order valence-corrected chi connectivity index (χ4v) is 13.2. The summed E-state index contributed by atoms with van der Waals surface area (Å²) in [6.45, 7) is 4.96. The van der Waals surface area contributed by atoms with Crippen LogP contribution < -0.4 is 0 Å². The van der Waals surface area contributed by atoms with Crippen LogP contribution in [-0.4, -0.2) is 96.7 Å². The zero-order valence-corrected chi connectivity index (χ0v) is 62.7. The van der Waals surface area contributed by atoms with E-state index in [1.54, 1.807) is 0 Å². The van der Waals surface area contributed by atoms with Crippen LogP contribution >= 0.6 is 15.6 Å². The molecule has 0 amide bonds. The molecule has 94 heavy (non-hydrogen) atoms. The maximum Gasteiger partial charge on any atom is 0.472 e. The van der Waals surface area contributed by atoms with Gasteiger partial charge in [-0.15, -0.1) is 0 Å². The van der Waals surface area contributed by atoms with Crippen molar-refractivity contribution >= 4 is 39.5 Å². The van der Waals surface area contributed by atoms with Crippen molar-refractivity contribution in [2.24, 2.45) is 0 Å². The van der Waals surface area contributed by atoms with E-state index >= 15 is 0 Å². The van der Waals surface area contributed by atoms with Crippen molar-refractivity contribution in [1.82, 2.24) is 0 Å². The number of aliphatic hydroxyl groups is 1. The molecule has 0 aliphatic carbocycles. The van der Waals surface area contributed by atoms with Crippen LogP contribution in [0.3, 0.4) is 0 Å². The molecule has 5 atom stereocenters. The highest BCUT2D eigenvalue weighted by Crippen LogP contribution is 2.45. The van der Waals surface area contributed by atoms with Gasteiger partial charge in [0.1, 0.15) is 19.3 Å². The second-order valence-corrected chi connectivity index (χ2v) is 29.9. The Morgan fingerprint density at radius 3 is 0.628 bits per heavy atom. The predicted molar refractivity (Wildman–Crippen MR) is 382 cm³/mol. The minimum atomic E-state index is -4.95. The van der Waals surface area contributed by atoms with Crippen molar-refractivity contribution in [3.05, 3.63) is 0 Å². The van der Waals surface area contributed by atoms with E-state index in [4.69, 9.17) is 37.0 Å². The lowest BCUT2D eigenvalue weighted by molar-refractivity contribution is -0.161. The van der Waals surface area contributed by atoms with Crippen LogP contribution in [0.25, 0.3) is 0 Å². The lowest BCUT2D eigenvalue weighted by Crippen LogP contribution is -2.30. The number of esters is 4. The summed E-state index contributed by atoms with van der Waals surface area (Å²) >= 11 is 0. The highest BCUT2D eigenvalue weighted by molar-refractivity contribution is 7.47. The Labute approximate surface area is 575 Å². The summed E-state index contributed by atoms with van der Waals surface area (Å²) in [5, 5.41) is 10.6. The van der Waals surface area contributed by atoms with Gasteiger partial charge in [0.05, 0.1) is 26.4 Å². The third kappa shape index (κ3) is 68.6. The van der Waals surface area contributed by atoms with Crippen LogP contribution in [-0.2, 0) is 65.4 Å². The van der Waals surface area contributed by atoms with Crippen molar-refractivity contribution in [1.29, 1.82) is 0 Å². The molecule has 0 saturated heterocycles. The zero-order chi connectivity index (χ0) is 69.0. The van der Waals surface area contributed by atoms with Gasteiger partial charge in [0.2, 0.25) is 0 Å². The number of rotatable bonds is 76. The van der Waals surface area contributed by atoms with E-state index in [1.165, 1.54) is 231 Å². The number of phosphoric ester groups is 2. The number of phosphoric acid groups is 2. The maximum atomic E-state index is 13.1. The molecule has 0 aliphatic rings. The van der Waals surface area contributed by atoms with Gasteiger partial charge in [0.15, 0.2) is 12.2 Å². The Bertz CT molecular complexity index is 1790. The molecular weight excluding hydrogens is 1230 g/mol.